The van der Waals surface area contributed by atoms with Crippen molar-refractivity contribution >= 4 is 19.8 Å². The maximum atomic E-state index is 12.8. The van der Waals surface area contributed by atoms with Crippen LogP contribution in [-0.2, 0) is 32.7 Å². The summed E-state index contributed by atoms with van der Waals surface area (Å²) in [5.41, 5.74) is 0. The molecule has 0 bridgehead atoms. The van der Waals surface area contributed by atoms with Crippen LogP contribution in [-0.4, -0.2) is 74.9 Å². The molecule has 0 aromatic carbocycles. The molecule has 0 aliphatic rings. The maximum Gasteiger partial charge on any atom is 0.472 e. The summed E-state index contributed by atoms with van der Waals surface area (Å²) in [6.07, 6.45) is 74.2. The van der Waals surface area contributed by atoms with Crippen LogP contribution in [0.5, 0.6) is 0 Å². The molecule has 10 heteroatoms. The summed E-state index contributed by atoms with van der Waals surface area (Å²) >= 11 is 0. The van der Waals surface area contributed by atoms with Gasteiger partial charge in [-0.1, -0.05) is 212 Å². The first-order valence-corrected chi connectivity index (χ1v) is 29.8. The van der Waals surface area contributed by atoms with Gasteiger partial charge in [-0.25, -0.2) is 4.57 Å². The molecule has 0 fully saturated rings. The number of ether oxygens (including phenoxy) is 2. The molecule has 9 nitrogen and oxygen atoms in total. The number of unbranched alkanes of at least 4 members (excludes halogenated alkanes) is 16. The molecular weight excluding hydrogens is 918 g/mol. The monoisotopic (exact) mass is 1020 g/mol. The van der Waals surface area contributed by atoms with Crippen LogP contribution in [0.1, 0.15) is 206 Å². The standard InChI is InChI=1S/C62H104NO8P/c1-6-8-10-12-14-16-18-20-22-23-24-25-26-27-28-29-30-31-32-33-34-35-36-37-38-39-41-43-45-47-49-51-53-55-62(65)71-60(59-70-72(66,67)69-57-56-63(3,4)5)58-68-61(64)54-52-50-48-46-44-42-40-21-19-17-15-13-11-9-7-2/h8-11,14-17,20-22,24-25,27-28,30-31,40,44,46,60H,6-7,12-13,18-19,23,26,29,32-39,41-43,45,47-59H2,1-5H3/p+1/b10-8-,11-9-,16-14-,17-15-,22-20-,25-24-,28-27-,31-30-,40-21-,46-44-. The number of hydrogen-bond donors (Lipinski definition) is 1. The molecule has 0 aliphatic carbocycles. The van der Waals surface area contributed by atoms with Crippen molar-refractivity contribution in [2.75, 3.05) is 47.5 Å². The number of quaternary nitrogens is 1. The van der Waals surface area contributed by atoms with Crippen LogP contribution in [0.2, 0.25) is 0 Å². The third kappa shape index (κ3) is 55.7. The summed E-state index contributed by atoms with van der Waals surface area (Å²) in [6, 6.07) is 0. The van der Waals surface area contributed by atoms with Crippen LogP contribution in [0.3, 0.4) is 0 Å². The molecule has 0 aliphatic heterocycles. The second-order valence-electron chi connectivity index (χ2n) is 19.6. The zero-order chi connectivity index (χ0) is 52.7. The topological polar surface area (TPSA) is 108 Å². The van der Waals surface area contributed by atoms with E-state index in [4.69, 9.17) is 18.5 Å². The minimum Gasteiger partial charge on any atom is -0.462 e. The fourth-order valence-corrected chi connectivity index (χ4v) is 7.93. The van der Waals surface area contributed by atoms with Gasteiger partial charge in [-0.05, 0) is 103 Å². The molecule has 0 saturated heterocycles. The normalized spacial score (nSPS) is 14.2. The van der Waals surface area contributed by atoms with Gasteiger partial charge in [0.2, 0.25) is 0 Å². The number of phosphoric ester groups is 1. The van der Waals surface area contributed by atoms with E-state index >= 15 is 0 Å². The molecule has 0 aromatic rings. The van der Waals surface area contributed by atoms with Crippen molar-refractivity contribution in [1.82, 2.24) is 0 Å². The Morgan fingerprint density at radius 2 is 0.750 bits per heavy atom. The van der Waals surface area contributed by atoms with Gasteiger partial charge in [0.05, 0.1) is 27.7 Å². The number of rotatable bonds is 50. The first kappa shape index (κ1) is 68.4. The minimum atomic E-state index is -4.40. The van der Waals surface area contributed by atoms with Crippen molar-refractivity contribution < 1.29 is 42.1 Å². The molecule has 2 unspecified atom stereocenters. The molecule has 0 heterocycles. The first-order valence-electron chi connectivity index (χ1n) is 28.3. The molecule has 0 aromatic heterocycles. The largest absolute Gasteiger partial charge is 0.472 e. The molecule has 0 amide bonds. The van der Waals surface area contributed by atoms with E-state index in [2.05, 4.69) is 135 Å². The number of carbonyl (C=O) groups excluding carboxylic acids is 2. The zero-order valence-corrected chi connectivity index (χ0v) is 47.3. The Labute approximate surface area is 441 Å². The van der Waals surface area contributed by atoms with Gasteiger partial charge >= 0.3 is 19.8 Å². The van der Waals surface area contributed by atoms with Gasteiger partial charge in [0.1, 0.15) is 19.8 Å². The summed E-state index contributed by atoms with van der Waals surface area (Å²) in [5, 5.41) is 0. The summed E-state index contributed by atoms with van der Waals surface area (Å²) in [7, 11) is 1.44. The van der Waals surface area contributed by atoms with Crippen LogP contribution >= 0.6 is 7.82 Å². The Morgan fingerprint density at radius 3 is 1.14 bits per heavy atom. The molecule has 2 atom stereocenters. The highest BCUT2D eigenvalue weighted by Crippen LogP contribution is 2.43. The van der Waals surface area contributed by atoms with Crippen molar-refractivity contribution in [1.29, 1.82) is 0 Å². The Morgan fingerprint density at radius 1 is 0.431 bits per heavy atom. The highest BCUT2D eigenvalue weighted by Gasteiger charge is 2.27. The van der Waals surface area contributed by atoms with Gasteiger partial charge in [-0.2, -0.15) is 0 Å². The van der Waals surface area contributed by atoms with Crippen molar-refractivity contribution in [3.8, 4) is 0 Å². The molecule has 0 saturated carbocycles. The lowest BCUT2D eigenvalue weighted by molar-refractivity contribution is -0.870. The van der Waals surface area contributed by atoms with Gasteiger partial charge < -0.3 is 18.9 Å². The molecule has 72 heavy (non-hydrogen) atoms. The van der Waals surface area contributed by atoms with Crippen molar-refractivity contribution in [2.45, 2.75) is 213 Å². The predicted octanol–water partition coefficient (Wildman–Crippen LogP) is 17.6. The summed E-state index contributed by atoms with van der Waals surface area (Å²) < 4.78 is 34.4. The number of phosphoric acid groups is 1. The quantitative estimate of drug-likeness (QED) is 0.0211. The van der Waals surface area contributed by atoms with E-state index in [0.29, 0.717) is 23.9 Å². The molecule has 410 valence electrons. The van der Waals surface area contributed by atoms with Crippen LogP contribution in [0.4, 0.5) is 0 Å². The Hall–Kier alpha value is -3.59. The van der Waals surface area contributed by atoms with Crippen molar-refractivity contribution in [2.24, 2.45) is 0 Å². The first-order chi connectivity index (χ1) is 35.0. The second-order valence-corrected chi connectivity index (χ2v) is 21.0. The lowest BCUT2D eigenvalue weighted by atomic mass is 10.0. The number of likely N-dealkylation sites (N-methyl/N-ethyl adjacent to an activating group) is 1. The van der Waals surface area contributed by atoms with E-state index in [1.807, 2.05) is 21.1 Å². The van der Waals surface area contributed by atoms with Crippen LogP contribution in [0, 0.1) is 0 Å². The van der Waals surface area contributed by atoms with E-state index in [-0.39, 0.29) is 26.1 Å². The predicted molar refractivity (Wildman–Crippen MR) is 307 cm³/mol. The van der Waals surface area contributed by atoms with Gasteiger partial charge in [-0.3, -0.25) is 18.6 Å². The van der Waals surface area contributed by atoms with E-state index < -0.39 is 32.5 Å². The van der Waals surface area contributed by atoms with E-state index in [0.717, 1.165) is 96.3 Å². The highest BCUT2D eigenvalue weighted by atomic mass is 31.2. The van der Waals surface area contributed by atoms with E-state index in [1.165, 1.54) is 70.6 Å². The summed E-state index contributed by atoms with van der Waals surface area (Å²) in [4.78, 5) is 35.6. The number of esters is 2. The molecule has 0 rings (SSSR count). The molecule has 0 radical (unpaired) electrons. The Balaban J connectivity index is 4.14. The number of allylic oxidation sites excluding steroid dienone is 20. The van der Waals surface area contributed by atoms with Gasteiger partial charge in [0, 0.05) is 12.8 Å². The number of hydrogen-bond acceptors (Lipinski definition) is 7. The lowest BCUT2D eigenvalue weighted by Gasteiger charge is -2.24. The number of carbonyl (C=O) groups is 2. The van der Waals surface area contributed by atoms with Crippen LogP contribution < -0.4 is 0 Å². The van der Waals surface area contributed by atoms with Crippen LogP contribution in [0.25, 0.3) is 0 Å². The maximum absolute atomic E-state index is 12.8. The van der Waals surface area contributed by atoms with Gasteiger partial charge in [-0.15, -0.1) is 0 Å². The van der Waals surface area contributed by atoms with Crippen molar-refractivity contribution in [3.63, 3.8) is 0 Å². The fraction of sp³-hybridized carbons (Fsp3) is 0.645. The average molecular weight is 1020 g/mol. The molecular formula is C62H105NO8P+. The Kier molecular flexibility index (Phi) is 49.7. The second kappa shape index (κ2) is 52.3. The summed E-state index contributed by atoms with van der Waals surface area (Å²) in [5.74, 6) is -0.854. The fourth-order valence-electron chi connectivity index (χ4n) is 7.19. The SMILES string of the molecule is CC/C=C\C/C=C\C/C=C\C/C=C\C/C=C\C/C=C\CCCCCCCCCCCCCCCCC(=O)OC(COC(=O)CCCC/C=C\C/C=C\C/C=C\C/C=C\CC)COP(=O)(O)OCC[N+](C)(C)C. The molecule has 0 spiro atoms. The van der Waals surface area contributed by atoms with Crippen molar-refractivity contribution in [3.05, 3.63) is 122 Å². The lowest BCUT2D eigenvalue weighted by Crippen LogP contribution is -2.37. The van der Waals surface area contributed by atoms with Gasteiger partial charge in [0.15, 0.2) is 6.10 Å². The van der Waals surface area contributed by atoms with Gasteiger partial charge in [0.25, 0.3) is 0 Å². The molecule has 1 N–H and O–H groups in total. The minimum absolute atomic E-state index is 0.0192. The smallest absolute Gasteiger partial charge is 0.462 e. The summed E-state index contributed by atoms with van der Waals surface area (Å²) in [6.45, 7) is 4.14. The Bertz CT molecular complexity index is 1630. The third-order valence-electron chi connectivity index (χ3n) is 11.5. The van der Waals surface area contributed by atoms with Crippen LogP contribution in [0.15, 0.2) is 122 Å². The van der Waals surface area contributed by atoms with E-state index in [9.17, 15) is 19.0 Å². The average Bonchev–Trinajstić information content (AvgIpc) is 3.34. The van der Waals surface area contributed by atoms with E-state index in [1.54, 1.807) is 0 Å². The third-order valence-corrected chi connectivity index (χ3v) is 12.5. The highest BCUT2D eigenvalue weighted by molar-refractivity contribution is 7.47. The zero-order valence-electron chi connectivity index (χ0n) is 46.4. The number of nitrogens with zero attached hydrogens (tertiary/aromatic N) is 1.